The third kappa shape index (κ3) is 6.18. The van der Waals surface area contributed by atoms with Gasteiger partial charge in [0.05, 0.1) is 32.5 Å². The first-order valence-corrected chi connectivity index (χ1v) is 19.1. The molecule has 6 rings (SSSR count). The quantitative estimate of drug-likeness (QED) is 0.147. The normalized spacial score (nSPS) is 54.3. The molecule has 6 fully saturated rings. The predicted octanol–water partition coefficient (Wildman–Crippen LogP) is -0.301. The van der Waals surface area contributed by atoms with E-state index < -0.39 is 79.7 Å². The van der Waals surface area contributed by atoms with Crippen molar-refractivity contribution in [1.82, 2.24) is 0 Å². The molecule has 4 aliphatic carbocycles. The van der Waals surface area contributed by atoms with Crippen LogP contribution in [0.5, 0.6) is 0 Å². The second-order valence-corrected chi connectivity index (χ2v) is 17.5. The monoisotopic (exact) mass is 713 g/mol. The van der Waals surface area contributed by atoms with Crippen molar-refractivity contribution in [1.29, 1.82) is 0 Å². The van der Waals surface area contributed by atoms with Crippen LogP contribution < -0.4 is 5.73 Å². The summed E-state index contributed by atoms with van der Waals surface area (Å²) >= 11 is 0. The molecule has 0 radical (unpaired) electrons. The third-order valence-corrected chi connectivity index (χ3v) is 15.5. The number of aliphatic hydroxyl groups is 8. The van der Waals surface area contributed by atoms with Crippen LogP contribution in [0.25, 0.3) is 0 Å². The highest BCUT2D eigenvalue weighted by Gasteiger charge is 2.69. The number of hydrogen-bond donors (Lipinski definition) is 9. The van der Waals surface area contributed by atoms with Gasteiger partial charge in [-0.25, -0.2) is 0 Å². The molecule has 21 atom stereocenters. The summed E-state index contributed by atoms with van der Waals surface area (Å²) in [6.07, 6.45) is -6.11. The summed E-state index contributed by atoms with van der Waals surface area (Å²) in [6.45, 7) is 5.70. The van der Waals surface area contributed by atoms with E-state index in [1.807, 2.05) is 0 Å². The number of ether oxygens (including phenoxy) is 3. The van der Waals surface area contributed by atoms with E-state index in [9.17, 15) is 45.6 Å². The molecule has 0 aromatic heterocycles. The first kappa shape index (κ1) is 38.7. The summed E-state index contributed by atoms with van der Waals surface area (Å²) in [5.41, 5.74) is 5.93. The maximum absolute atomic E-state index is 12.3. The van der Waals surface area contributed by atoms with Crippen LogP contribution in [0.3, 0.4) is 0 Å². The van der Waals surface area contributed by atoms with E-state index in [2.05, 4.69) is 20.8 Å². The minimum atomic E-state index is -1.51. The first-order chi connectivity index (χ1) is 23.6. The number of nitrogens with two attached hydrogens (primary N) is 1. The fraction of sp³-hybridized carbons (Fsp3) is 0.973. The van der Waals surface area contributed by atoms with E-state index in [4.69, 9.17) is 19.9 Å². The fourth-order valence-corrected chi connectivity index (χ4v) is 12.8. The zero-order valence-electron chi connectivity index (χ0n) is 30.0. The molecule has 50 heavy (non-hydrogen) atoms. The molecule has 288 valence electrons. The maximum Gasteiger partial charge on any atom is 0.305 e. The van der Waals surface area contributed by atoms with Crippen molar-refractivity contribution in [3.63, 3.8) is 0 Å². The Morgan fingerprint density at radius 2 is 1.40 bits per heavy atom. The van der Waals surface area contributed by atoms with Crippen molar-refractivity contribution in [2.24, 2.45) is 63.9 Å². The Bertz CT molecular complexity index is 1190. The number of esters is 1. The van der Waals surface area contributed by atoms with Crippen molar-refractivity contribution in [3.8, 4) is 0 Å². The molecule has 0 bridgehead atoms. The molecule has 13 heteroatoms. The van der Waals surface area contributed by atoms with Gasteiger partial charge in [-0.3, -0.25) is 4.79 Å². The first-order valence-electron chi connectivity index (χ1n) is 19.1. The van der Waals surface area contributed by atoms with Gasteiger partial charge in [0, 0.05) is 12.5 Å². The standard InChI is InChI=1S/C37H63NO12/c1-16(5-8-26(41)48-4)20-6-7-21-27-19(34-32(46)30(44)28(42)24(14-39)49-34)12-17-11-18(38)9-10-36(17,2)22(27)13-23(37(20,21)3)35-33(47)31(45)29(43)25(15-40)50-35/h16-25,27-35,39-40,42-47H,5-15,38H2,1-4H3/t16-,17+,18-,19+,20-,21+,22+,23?,24-,25-,27+,28-,29-,30+,31+,32-,33-,34+,35+,36+,37-/m1/s1. The molecule has 0 aromatic rings. The summed E-state index contributed by atoms with van der Waals surface area (Å²) in [4.78, 5) is 12.3. The van der Waals surface area contributed by atoms with E-state index >= 15 is 0 Å². The molecule has 0 spiro atoms. The lowest BCUT2D eigenvalue weighted by molar-refractivity contribution is -0.287. The Labute approximate surface area is 295 Å². The molecular formula is C37H63NO12. The summed E-state index contributed by atoms with van der Waals surface area (Å²) in [5.74, 6) is -0.421. The van der Waals surface area contributed by atoms with Gasteiger partial charge in [-0.15, -0.1) is 0 Å². The Balaban J connectivity index is 1.46. The second kappa shape index (κ2) is 14.7. The summed E-state index contributed by atoms with van der Waals surface area (Å²) in [6, 6.07) is 0.0155. The van der Waals surface area contributed by atoms with Gasteiger partial charge >= 0.3 is 5.97 Å². The van der Waals surface area contributed by atoms with Crippen molar-refractivity contribution < 1.29 is 59.9 Å². The lowest BCUT2D eigenvalue weighted by Gasteiger charge is -2.67. The largest absolute Gasteiger partial charge is 0.469 e. The lowest BCUT2D eigenvalue weighted by Crippen LogP contribution is -2.69. The van der Waals surface area contributed by atoms with E-state index in [1.54, 1.807) is 0 Å². The van der Waals surface area contributed by atoms with Crippen molar-refractivity contribution in [2.45, 2.75) is 146 Å². The molecule has 6 aliphatic rings. The van der Waals surface area contributed by atoms with Crippen molar-refractivity contribution in [3.05, 3.63) is 0 Å². The molecule has 2 heterocycles. The molecular weight excluding hydrogens is 650 g/mol. The minimum absolute atomic E-state index is 0.00375. The van der Waals surface area contributed by atoms with E-state index in [0.29, 0.717) is 19.3 Å². The predicted molar refractivity (Wildman–Crippen MR) is 179 cm³/mol. The van der Waals surface area contributed by atoms with Crippen LogP contribution in [-0.2, 0) is 19.0 Å². The average molecular weight is 714 g/mol. The van der Waals surface area contributed by atoms with Crippen LogP contribution >= 0.6 is 0 Å². The van der Waals surface area contributed by atoms with E-state index in [1.165, 1.54) is 7.11 Å². The number of rotatable bonds is 8. The zero-order chi connectivity index (χ0) is 36.4. The number of aliphatic hydroxyl groups excluding tert-OH is 8. The molecule has 2 saturated heterocycles. The molecule has 1 unspecified atom stereocenters. The SMILES string of the molecule is COC(=O)CC[C@@H](C)[C@H]1CC[C@H]2[C@@H]3[C@@H]([C@@H]4O[C@H](CO)[C@@H](O)[C@H](O)[C@H]4O)C[C@@H]4C[C@H](N)CC[C@]4(C)[C@H]3CC([C@@H]3O[C@H](CO)[C@@H](O)[C@H](O)[C@H]3O)[C@]12C. The number of carbonyl (C=O) groups excluding carboxylic acids is 1. The average Bonchev–Trinajstić information content (AvgIpc) is 3.46. The number of fused-ring (bicyclic) bond motifs is 5. The molecule has 10 N–H and O–H groups in total. The van der Waals surface area contributed by atoms with E-state index in [-0.39, 0.29) is 71.2 Å². The highest BCUT2D eigenvalue weighted by molar-refractivity contribution is 5.69. The fourth-order valence-electron chi connectivity index (χ4n) is 12.8. The van der Waals surface area contributed by atoms with Gasteiger partial charge in [0.1, 0.15) is 48.8 Å². The Morgan fingerprint density at radius 3 is 2.00 bits per heavy atom. The smallest absolute Gasteiger partial charge is 0.305 e. The second-order valence-electron chi connectivity index (χ2n) is 17.5. The minimum Gasteiger partial charge on any atom is -0.469 e. The maximum atomic E-state index is 12.3. The number of hydrogen-bond acceptors (Lipinski definition) is 13. The Morgan fingerprint density at radius 1 is 0.800 bits per heavy atom. The third-order valence-electron chi connectivity index (χ3n) is 15.5. The van der Waals surface area contributed by atoms with Crippen LogP contribution in [0.15, 0.2) is 0 Å². The van der Waals surface area contributed by atoms with Gasteiger partial charge in [0.15, 0.2) is 0 Å². The van der Waals surface area contributed by atoms with Crippen molar-refractivity contribution in [2.75, 3.05) is 20.3 Å². The number of carbonyl (C=O) groups is 1. The van der Waals surface area contributed by atoms with Gasteiger partial charge in [0.25, 0.3) is 0 Å². The number of methoxy groups -OCH3 is 1. The van der Waals surface area contributed by atoms with Crippen LogP contribution in [-0.4, -0.2) is 134 Å². The van der Waals surface area contributed by atoms with Crippen LogP contribution in [0.4, 0.5) is 0 Å². The van der Waals surface area contributed by atoms with Crippen molar-refractivity contribution >= 4 is 5.97 Å². The Hall–Kier alpha value is -0.970. The van der Waals surface area contributed by atoms with Crippen LogP contribution in [0, 0.1) is 58.2 Å². The van der Waals surface area contributed by atoms with E-state index in [0.717, 1.165) is 32.1 Å². The molecule has 0 aromatic carbocycles. The zero-order valence-corrected chi connectivity index (χ0v) is 30.0. The summed E-state index contributed by atoms with van der Waals surface area (Å²) in [7, 11) is 1.38. The molecule has 2 aliphatic heterocycles. The van der Waals surface area contributed by atoms with Gasteiger partial charge in [-0.2, -0.15) is 0 Å². The van der Waals surface area contributed by atoms with Gasteiger partial charge in [-0.1, -0.05) is 20.8 Å². The molecule has 0 amide bonds. The van der Waals surface area contributed by atoms with Gasteiger partial charge < -0.3 is 60.8 Å². The highest BCUT2D eigenvalue weighted by Crippen LogP contribution is 2.72. The molecule has 13 nitrogen and oxygen atoms in total. The van der Waals surface area contributed by atoms with Crippen LogP contribution in [0.1, 0.15) is 78.6 Å². The van der Waals surface area contributed by atoms with Gasteiger partial charge in [-0.05, 0) is 110 Å². The topological polar surface area (TPSA) is 233 Å². The summed E-state index contributed by atoms with van der Waals surface area (Å²) in [5, 5.41) is 87.0. The van der Waals surface area contributed by atoms with Crippen LogP contribution in [0.2, 0.25) is 0 Å². The Kier molecular flexibility index (Phi) is 11.4. The highest BCUT2D eigenvalue weighted by atomic mass is 16.6. The summed E-state index contributed by atoms with van der Waals surface area (Å²) < 4.78 is 17.7. The lowest BCUT2D eigenvalue weighted by atomic mass is 9.39. The van der Waals surface area contributed by atoms with Gasteiger partial charge in [0.2, 0.25) is 0 Å². The molecule has 4 saturated carbocycles.